The van der Waals surface area contributed by atoms with E-state index >= 15 is 0 Å². The van der Waals surface area contributed by atoms with Gasteiger partial charge in [-0.2, -0.15) is 0 Å². The Bertz CT molecular complexity index is 368. The van der Waals surface area contributed by atoms with Crippen molar-refractivity contribution in [3.05, 3.63) is 0 Å². The second-order valence-corrected chi connectivity index (χ2v) is 7.96. The highest BCUT2D eigenvalue weighted by molar-refractivity contribution is 7.91. The van der Waals surface area contributed by atoms with E-state index in [0.717, 1.165) is 19.3 Å². The first-order valence-electron chi connectivity index (χ1n) is 6.53. The molecule has 1 aliphatic carbocycles. The fourth-order valence-corrected chi connectivity index (χ4v) is 4.75. The van der Waals surface area contributed by atoms with E-state index in [9.17, 15) is 8.42 Å². The second-order valence-electron chi connectivity index (χ2n) is 5.73. The van der Waals surface area contributed by atoms with Crippen LogP contribution in [0.25, 0.3) is 0 Å². The third kappa shape index (κ3) is 3.20. The van der Waals surface area contributed by atoms with Gasteiger partial charge in [-0.1, -0.05) is 19.8 Å². The molecule has 1 aliphatic heterocycles. The molecule has 0 bridgehead atoms. The number of hydrogen-bond acceptors (Lipinski definition) is 4. The Kier molecular flexibility index (Phi) is 3.80. The van der Waals surface area contributed by atoms with Gasteiger partial charge in [0.2, 0.25) is 0 Å². The fraction of sp³-hybridized carbons (Fsp3) is 1.00. The van der Waals surface area contributed by atoms with Crippen LogP contribution in [0.1, 0.15) is 39.0 Å². The number of hydrogen-bond donors (Lipinski definition) is 1. The second kappa shape index (κ2) is 4.86. The molecule has 0 aromatic carbocycles. The summed E-state index contributed by atoms with van der Waals surface area (Å²) in [7, 11) is -2.86. The van der Waals surface area contributed by atoms with Crippen LogP contribution >= 0.6 is 0 Å². The van der Waals surface area contributed by atoms with Crippen molar-refractivity contribution in [1.82, 2.24) is 0 Å². The Labute approximate surface area is 104 Å². The largest absolute Gasteiger partial charge is 0.369 e. The van der Waals surface area contributed by atoms with E-state index in [-0.39, 0.29) is 23.2 Å². The van der Waals surface area contributed by atoms with Crippen LogP contribution in [0.3, 0.4) is 0 Å². The average Bonchev–Trinajstić information content (AvgIpc) is 2.58. The van der Waals surface area contributed by atoms with Crippen LogP contribution in [-0.2, 0) is 14.6 Å². The summed E-state index contributed by atoms with van der Waals surface area (Å²) in [6.07, 6.45) is 4.82. The Morgan fingerprint density at radius 2 is 2.18 bits per heavy atom. The van der Waals surface area contributed by atoms with Gasteiger partial charge in [-0.25, -0.2) is 8.42 Å². The number of sulfone groups is 1. The van der Waals surface area contributed by atoms with Crippen LogP contribution in [0, 0.1) is 5.92 Å². The highest BCUT2D eigenvalue weighted by Crippen LogP contribution is 2.36. The Hall–Kier alpha value is -0.130. The standard InChI is InChI=1S/C12H23NO3S/c1-10-3-2-5-12(7-10,9-13)16-11-4-6-17(14,15)8-11/h10-11H,2-9,13H2,1H3. The van der Waals surface area contributed by atoms with Crippen LogP contribution in [0.15, 0.2) is 0 Å². The topological polar surface area (TPSA) is 69.4 Å². The molecule has 2 N–H and O–H groups in total. The highest BCUT2D eigenvalue weighted by Gasteiger charge is 2.39. The monoisotopic (exact) mass is 261 g/mol. The maximum absolute atomic E-state index is 11.4. The molecule has 2 fully saturated rings. The van der Waals surface area contributed by atoms with Gasteiger partial charge in [0.05, 0.1) is 23.2 Å². The van der Waals surface area contributed by atoms with Crippen molar-refractivity contribution >= 4 is 9.84 Å². The van der Waals surface area contributed by atoms with Crippen LogP contribution < -0.4 is 5.73 Å². The van der Waals surface area contributed by atoms with Crippen molar-refractivity contribution in [3.63, 3.8) is 0 Å². The van der Waals surface area contributed by atoms with E-state index in [1.807, 2.05) is 0 Å². The van der Waals surface area contributed by atoms with Gasteiger partial charge in [0.15, 0.2) is 9.84 Å². The molecule has 0 spiro atoms. The summed E-state index contributed by atoms with van der Waals surface area (Å²) < 4.78 is 28.9. The lowest BCUT2D eigenvalue weighted by atomic mass is 9.78. The zero-order valence-corrected chi connectivity index (χ0v) is 11.3. The zero-order chi connectivity index (χ0) is 12.5. The first-order valence-corrected chi connectivity index (χ1v) is 8.35. The lowest BCUT2D eigenvalue weighted by molar-refractivity contribution is -0.107. The molecule has 2 rings (SSSR count). The molecule has 2 aliphatic rings. The minimum absolute atomic E-state index is 0.131. The average molecular weight is 261 g/mol. The molecular formula is C12H23NO3S. The third-order valence-corrected chi connectivity index (χ3v) is 5.77. The normalized spacial score (nSPS) is 41.5. The molecule has 3 atom stereocenters. The predicted octanol–water partition coefficient (Wildman–Crippen LogP) is 1.10. The van der Waals surface area contributed by atoms with Crippen molar-refractivity contribution in [2.45, 2.75) is 50.7 Å². The van der Waals surface area contributed by atoms with E-state index in [1.165, 1.54) is 6.42 Å². The van der Waals surface area contributed by atoms with Crippen molar-refractivity contribution in [1.29, 1.82) is 0 Å². The van der Waals surface area contributed by atoms with Crippen LogP contribution in [0.2, 0.25) is 0 Å². The first-order chi connectivity index (χ1) is 7.95. The van der Waals surface area contributed by atoms with Gasteiger partial charge in [0.1, 0.15) is 0 Å². The molecule has 0 aromatic heterocycles. The molecule has 4 nitrogen and oxygen atoms in total. The van der Waals surface area contributed by atoms with E-state index in [1.54, 1.807) is 0 Å². The van der Waals surface area contributed by atoms with E-state index in [0.29, 0.717) is 18.9 Å². The summed E-state index contributed by atoms with van der Waals surface area (Å²) in [5.41, 5.74) is 5.61. The van der Waals surface area contributed by atoms with E-state index in [4.69, 9.17) is 10.5 Å². The van der Waals surface area contributed by atoms with Gasteiger partial charge in [0, 0.05) is 6.54 Å². The quantitative estimate of drug-likeness (QED) is 0.826. The molecule has 1 heterocycles. The lowest BCUT2D eigenvalue weighted by Gasteiger charge is -2.40. The maximum Gasteiger partial charge on any atom is 0.152 e. The summed E-state index contributed by atoms with van der Waals surface area (Å²) in [5.74, 6) is 1.09. The Morgan fingerprint density at radius 1 is 1.41 bits per heavy atom. The third-order valence-electron chi connectivity index (χ3n) is 4.03. The molecule has 0 amide bonds. The van der Waals surface area contributed by atoms with Crippen molar-refractivity contribution in [2.24, 2.45) is 11.7 Å². The lowest BCUT2D eigenvalue weighted by Crippen LogP contribution is -2.47. The van der Waals surface area contributed by atoms with Gasteiger partial charge in [-0.15, -0.1) is 0 Å². The fourth-order valence-electron chi connectivity index (χ4n) is 3.16. The smallest absolute Gasteiger partial charge is 0.152 e. The van der Waals surface area contributed by atoms with E-state index in [2.05, 4.69) is 6.92 Å². The molecule has 100 valence electrons. The summed E-state index contributed by atoms with van der Waals surface area (Å²) in [6.45, 7) is 2.73. The minimum atomic E-state index is -2.86. The maximum atomic E-state index is 11.4. The molecule has 1 saturated heterocycles. The molecule has 5 heteroatoms. The molecular weight excluding hydrogens is 238 g/mol. The van der Waals surface area contributed by atoms with Gasteiger partial charge >= 0.3 is 0 Å². The zero-order valence-electron chi connectivity index (χ0n) is 10.5. The molecule has 1 saturated carbocycles. The van der Waals surface area contributed by atoms with Crippen LogP contribution in [0.4, 0.5) is 0 Å². The van der Waals surface area contributed by atoms with Gasteiger partial charge in [-0.05, 0) is 25.2 Å². The van der Waals surface area contributed by atoms with E-state index < -0.39 is 9.84 Å². The number of ether oxygens (including phenoxy) is 1. The molecule has 17 heavy (non-hydrogen) atoms. The van der Waals surface area contributed by atoms with Crippen molar-refractivity contribution in [3.8, 4) is 0 Å². The summed E-state index contributed by atoms with van der Waals surface area (Å²) in [4.78, 5) is 0. The highest BCUT2D eigenvalue weighted by atomic mass is 32.2. The molecule has 0 radical (unpaired) electrons. The Balaban J connectivity index is 2.00. The number of nitrogens with two attached hydrogens (primary N) is 1. The first kappa shape index (κ1) is 13.3. The summed E-state index contributed by atoms with van der Waals surface area (Å²) >= 11 is 0. The minimum Gasteiger partial charge on any atom is -0.369 e. The Morgan fingerprint density at radius 3 is 2.71 bits per heavy atom. The number of rotatable bonds is 3. The van der Waals surface area contributed by atoms with Crippen molar-refractivity contribution in [2.75, 3.05) is 18.1 Å². The van der Waals surface area contributed by atoms with Crippen LogP contribution in [0.5, 0.6) is 0 Å². The summed E-state index contributed by atoms with van der Waals surface area (Å²) in [6, 6.07) is 0. The van der Waals surface area contributed by atoms with Gasteiger partial charge in [0.25, 0.3) is 0 Å². The van der Waals surface area contributed by atoms with Gasteiger partial charge in [-0.3, -0.25) is 0 Å². The van der Waals surface area contributed by atoms with Gasteiger partial charge < -0.3 is 10.5 Å². The molecule has 0 aromatic rings. The SMILES string of the molecule is CC1CCCC(CN)(OC2CCS(=O)(=O)C2)C1. The van der Waals surface area contributed by atoms with Crippen molar-refractivity contribution < 1.29 is 13.2 Å². The van der Waals surface area contributed by atoms with Crippen LogP contribution in [-0.4, -0.2) is 38.2 Å². The predicted molar refractivity (Wildman–Crippen MR) is 67.6 cm³/mol. The molecule has 3 unspecified atom stereocenters. The summed E-state index contributed by atoms with van der Waals surface area (Å²) in [5, 5.41) is 0.